The molecule has 0 radical (unpaired) electrons. The molecule has 11 heteroatoms. The van der Waals surface area contributed by atoms with Crippen molar-refractivity contribution in [3.63, 3.8) is 0 Å². The predicted octanol–water partition coefficient (Wildman–Crippen LogP) is 5.39. The highest BCUT2D eigenvalue weighted by Crippen LogP contribution is 2.46. The van der Waals surface area contributed by atoms with E-state index in [9.17, 15) is 23.5 Å². The van der Waals surface area contributed by atoms with Crippen molar-refractivity contribution >= 4 is 29.1 Å². The first-order valence-electron chi connectivity index (χ1n) is 12.9. The van der Waals surface area contributed by atoms with Gasteiger partial charge >= 0.3 is 0 Å². The molecule has 1 aliphatic carbocycles. The monoisotopic (exact) mass is 573 g/mol. The lowest BCUT2D eigenvalue weighted by Gasteiger charge is -2.32. The van der Waals surface area contributed by atoms with Crippen molar-refractivity contribution in [3.05, 3.63) is 88.0 Å². The molecule has 0 bridgehead atoms. The molecule has 2 heterocycles. The summed E-state index contributed by atoms with van der Waals surface area (Å²) in [7, 11) is 1.31. The number of rotatable bonds is 7. The van der Waals surface area contributed by atoms with E-state index in [-0.39, 0.29) is 46.0 Å². The van der Waals surface area contributed by atoms with Crippen LogP contribution in [0.4, 0.5) is 18.9 Å². The average Bonchev–Trinajstić information content (AvgIpc) is 3.16. The normalized spacial score (nSPS) is 22.4. The van der Waals surface area contributed by atoms with Crippen LogP contribution in [0.1, 0.15) is 59.3 Å². The van der Waals surface area contributed by atoms with E-state index < -0.39 is 35.4 Å². The van der Waals surface area contributed by atoms with Gasteiger partial charge in [-0.25, -0.2) is 13.2 Å². The van der Waals surface area contributed by atoms with Gasteiger partial charge in [0, 0.05) is 29.9 Å². The lowest BCUT2D eigenvalue weighted by molar-refractivity contribution is -0.132. The number of benzene rings is 2. The third-order valence-corrected chi connectivity index (χ3v) is 7.88. The second kappa shape index (κ2) is 11.1. The molecule has 7 nitrogen and oxygen atoms in total. The molecule has 210 valence electrons. The van der Waals surface area contributed by atoms with E-state index >= 15 is 4.39 Å². The highest BCUT2D eigenvalue weighted by molar-refractivity contribution is 6.30. The lowest BCUT2D eigenvalue weighted by Crippen LogP contribution is -2.45. The number of carbonyl (C=O) groups excluding carboxylic acids is 2. The zero-order chi connectivity index (χ0) is 28.6. The first-order valence-corrected chi connectivity index (χ1v) is 13.2. The minimum absolute atomic E-state index is 0.0344. The first-order chi connectivity index (χ1) is 19.1. The van der Waals surface area contributed by atoms with Gasteiger partial charge in [-0.2, -0.15) is 0 Å². The van der Waals surface area contributed by atoms with Gasteiger partial charge in [0.25, 0.3) is 18.2 Å². The van der Waals surface area contributed by atoms with Crippen LogP contribution < -0.4 is 15.0 Å². The Hall–Kier alpha value is -3.63. The summed E-state index contributed by atoms with van der Waals surface area (Å²) >= 11 is 5.87. The van der Waals surface area contributed by atoms with Gasteiger partial charge in [-0.15, -0.1) is 0 Å². The highest BCUT2D eigenvalue weighted by Gasteiger charge is 2.53. The minimum atomic E-state index is -2.92. The van der Waals surface area contributed by atoms with Crippen LogP contribution in [0, 0.1) is 11.7 Å². The number of halogens is 4. The zero-order valence-electron chi connectivity index (χ0n) is 21.5. The molecule has 1 saturated carbocycles. The molecule has 1 atom stereocenters. The van der Waals surface area contributed by atoms with Crippen molar-refractivity contribution in [3.8, 4) is 5.75 Å². The average molecular weight is 574 g/mol. The fourth-order valence-corrected chi connectivity index (χ4v) is 5.80. The van der Waals surface area contributed by atoms with Crippen LogP contribution in [0.3, 0.4) is 0 Å². The smallest absolute Gasteiger partial charge is 0.281 e. The van der Waals surface area contributed by atoms with Crippen LogP contribution in [-0.4, -0.2) is 41.6 Å². The van der Waals surface area contributed by atoms with Gasteiger partial charge in [0.15, 0.2) is 17.2 Å². The van der Waals surface area contributed by atoms with E-state index in [2.05, 4.69) is 10.3 Å². The Balaban J connectivity index is 1.29. The summed E-state index contributed by atoms with van der Waals surface area (Å²) in [4.78, 5) is 31.6. The third-order valence-electron chi connectivity index (χ3n) is 7.67. The number of methoxy groups -OCH3 is 1. The molecule has 1 aromatic heterocycles. The van der Waals surface area contributed by atoms with Crippen LogP contribution in [0.25, 0.3) is 0 Å². The summed E-state index contributed by atoms with van der Waals surface area (Å²) in [6, 6.07) is 12.0. The molecule has 2 aliphatic rings. The van der Waals surface area contributed by atoms with E-state index in [1.54, 1.807) is 24.3 Å². The molecule has 1 fully saturated rings. The van der Waals surface area contributed by atoms with E-state index in [1.165, 1.54) is 36.3 Å². The van der Waals surface area contributed by atoms with E-state index in [0.717, 1.165) is 6.20 Å². The number of aromatic nitrogens is 1. The van der Waals surface area contributed by atoms with Gasteiger partial charge in [0.05, 0.1) is 23.4 Å². The summed E-state index contributed by atoms with van der Waals surface area (Å²) in [5.41, 5.74) is -2.49. The van der Waals surface area contributed by atoms with Crippen LogP contribution >= 0.6 is 11.6 Å². The van der Waals surface area contributed by atoms with Crippen LogP contribution in [0.15, 0.2) is 54.7 Å². The van der Waals surface area contributed by atoms with Gasteiger partial charge in [-0.3, -0.25) is 14.6 Å². The summed E-state index contributed by atoms with van der Waals surface area (Å²) in [6.45, 7) is 0.290. The molecular formula is C29H27ClF3N3O4. The molecule has 1 unspecified atom stereocenters. The molecule has 2 N–H and O–H groups in total. The number of ether oxygens (including phenoxy) is 1. The van der Waals surface area contributed by atoms with Gasteiger partial charge in [0.2, 0.25) is 0 Å². The topological polar surface area (TPSA) is 91.8 Å². The number of pyridine rings is 1. The lowest BCUT2D eigenvalue weighted by atomic mass is 9.85. The maximum absolute atomic E-state index is 15.2. The van der Waals surface area contributed by atoms with Crippen molar-refractivity contribution in [2.45, 2.75) is 43.8 Å². The maximum atomic E-state index is 15.2. The predicted molar refractivity (Wildman–Crippen MR) is 142 cm³/mol. The number of carbonyl (C=O) groups is 2. The molecule has 40 heavy (non-hydrogen) atoms. The Labute approximate surface area is 233 Å². The fraction of sp³-hybridized carbons (Fsp3) is 0.345. The van der Waals surface area contributed by atoms with Gasteiger partial charge in [-0.05, 0) is 49.8 Å². The number of anilines is 1. The Kier molecular flexibility index (Phi) is 7.74. The Morgan fingerprint density at radius 3 is 2.58 bits per heavy atom. The molecule has 1 aliphatic heterocycles. The minimum Gasteiger partial charge on any atom is -0.494 e. The SMILES string of the molecule is COc1cccc(C2(O)C(=O)N(C[C@H]3CC[C@H](NC(=O)c4cc(Cl)cnc4C(F)F)CC3)c3ccccc32)c1F. The van der Waals surface area contributed by atoms with Crippen molar-refractivity contribution in [2.24, 2.45) is 5.92 Å². The number of amides is 2. The second-order valence-corrected chi connectivity index (χ2v) is 10.5. The van der Waals surface area contributed by atoms with Crippen LogP contribution in [0.2, 0.25) is 5.02 Å². The second-order valence-electron chi connectivity index (χ2n) is 10.0. The van der Waals surface area contributed by atoms with Gasteiger partial charge in [0.1, 0.15) is 5.69 Å². The van der Waals surface area contributed by atoms with Gasteiger partial charge < -0.3 is 20.1 Å². The fourth-order valence-electron chi connectivity index (χ4n) is 5.64. The number of aliphatic hydroxyl groups is 1. The number of para-hydroxylation sites is 1. The number of nitrogens with one attached hydrogen (secondary N) is 1. The Morgan fingerprint density at radius 2 is 1.88 bits per heavy atom. The van der Waals surface area contributed by atoms with E-state index in [0.29, 0.717) is 31.4 Å². The summed E-state index contributed by atoms with van der Waals surface area (Å²) in [5, 5.41) is 14.6. The van der Waals surface area contributed by atoms with Crippen molar-refractivity contribution in [1.29, 1.82) is 0 Å². The number of alkyl halides is 2. The zero-order valence-corrected chi connectivity index (χ0v) is 22.3. The first kappa shape index (κ1) is 27.9. The summed E-state index contributed by atoms with van der Waals surface area (Å²) < 4.78 is 47.0. The van der Waals surface area contributed by atoms with E-state index in [4.69, 9.17) is 16.3 Å². The molecule has 5 rings (SSSR count). The van der Waals surface area contributed by atoms with Gasteiger partial charge in [-0.1, -0.05) is 41.9 Å². The number of hydrogen-bond donors (Lipinski definition) is 2. The van der Waals surface area contributed by atoms with Crippen LogP contribution in [0.5, 0.6) is 5.75 Å². The Bertz CT molecular complexity index is 1450. The summed E-state index contributed by atoms with van der Waals surface area (Å²) in [5.74, 6) is -2.16. The highest BCUT2D eigenvalue weighted by atomic mass is 35.5. The number of nitrogens with zero attached hydrogens (tertiary/aromatic N) is 2. The van der Waals surface area contributed by atoms with Crippen LogP contribution in [-0.2, 0) is 10.4 Å². The number of hydrogen-bond acceptors (Lipinski definition) is 5. The molecule has 2 amide bonds. The quantitative estimate of drug-likeness (QED) is 0.395. The number of fused-ring (bicyclic) bond motifs is 1. The largest absolute Gasteiger partial charge is 0.494 e. The summed E-state index contributed by atoms with van der Waals surface area (Å²) in [6.07, 6.45) is 0.557. The van der Waals surface area contributed by atoms with Crippen molar-refractivity contribution < 1.29 is 32.6 Å². The standard InChI is InChI=1S/C29H27ClF3N3O4/c1-40-23-8-4-6-21(24(23)31)29(39)20-5-2-3-7-22(20)36(28(29)38)15-16-9-11-18(12-10-16)35-27(37)19-13-17(30)14-34-25(19)26(32)33/h2-8,13-14,16,18,26,39H,9-12,15H2,1H3,(H,35,37)/t16-,18-,29?. The molecule has 0 spiro atoms. The third kappa shape index (κ3) is 4.90. The van der Waals surface area contributed by atoms with Crippen molar-refractivity contribution in [2.75, 3.05) is 18.6 Å². The maximum Gasteiger partial charge on any atom is 0.281 e. The molecule has 0 saturated heterocycles. The Morgan fingerprint density at radius 1 is 1.18 bits per heavy atom. The molecule has 3 aromatic rings. The molecular weight excluding hydrogens is 547 g/mol. The van der Waals surface area contributed by atoms with E-state index in [1.807, 2.05) is 0 Å². The van der Waals surface area contributed by atoms with Crippen molar-refractivity contribution in [1.82, 2.24) is 10.3 Å². The molecule has 2 aromatic carbocycles.